The zero-order valence-corrected chi connectivity index (χ0v) is 9.40. The number of carbonyl (C=O) groups excluding carboxylic acids is 1. The summed E-state index contributed by atoms with van der Waals surface area (Å²) in [5.41, 5.74) is 0. The van der Waals surface area contributed by atoms with Crippen LogP contribution >= 0.6 is 0 Å². The summed E-state index contributed by atoms with van der Waals surface area (Å²) in [6.45, 7) is 2.59. The van der Waals surface area contributed by atoms with Crippen molar-refractivity contribution in [2.24, 2.45) is 5.92 Å². The fraction of sp³-hybridized carbons (Fsp3) is 0.857. The summed E-state index contributed by atoms with van der Waals surface area (Å²) in [7, 11) is 0. The van der Waals surface area contributed by atoms with Crippen molar-refractivity contribution >= 4 is 6.47 Å². The Kier molecular flexibility index (Phi) is 4.10. The smallest absolute Gasteiger partial charge is 0.164 e. The first-order valence-corrected chi connectivity index (χ1v) is 3.68. The van der Waals surface area contributed by atoms with Crippen molar-refractivity contribution in [3.8, 4) is 0 Å². The van der Waals surface area contributed by atoms with E-state index < -0.39 is 0 Å². The molecule has 65 valence electrons. The van der Waals surface area contributed by atoms with Crippen LogP contribution in [0.15, 0.2) is 0 Å². The summed E-state index contributed by atoms with van der Waals surface area (Å²) in [6, 6.07) is 0. The maximum absolute atomic E-state index is 9.91. The van der Waals surface area contributed by atoms with Crippen LogP contribution in [0.1, 0.15) is 6.42 Å². The molecule has 0 bridgehead atoms. The Morgan fingerprint density at radius 2 is 2.25 bits per heavy atom. The zero-order chi connectivity index (χ0) is 7.68. The zero-order valence-electron chi connectivity index (χ0n) is 6.56. The van der Waals surface area contributed by atoms with Gasteiger partial charge in [-0.2, -0.15) is 0 Å². The first-order chi connectivity index (χ1) is 5.42. The minimum Gasteiger partial charge on any atom is -0.649 e. The van der Waals surface area contributed by atoms with E-state index in [4.69, 9.17) is 14.2 Å². The molecule has 0 amide bonds. The quantitative estimate of drug-likeness (QED) is 0.634. The predicted octanol–water partition coefficient (Wildman–Crippen LogP) is -0.171. The fourth-order valence-electron chi connectivity index (χ4n) is 1.61. The molecule has 0 saturated carbocycles. The average molecular weight is 246 g/mol. The molecule has 0 N–H and O–H groups in total. The first kappa shape index (κ1) is 10.6. The van der Waals surface area contributed by atoms with Gasteiger partial charge in [-0.3, -0.25) is 0 Å². The molecule has 2 rings (SSSR count). The van der Waals surface area contributed by atoms with E-state index in [-0.39, 0.29) is 51.0 Å². The van der Waals surface area contributed by atoms with Gasteiger partial charge in [0.05, 0.1) is 19.3 Å². The van der Waals surface area contributed by atoms with Crippen LogP contribution in [0.2, 0.25) is 0 Å². The molecule has 2 fully saturated rings. The molecule has 5 heteroatoms. The van der Waals surface area contributed by atoms with Crippen LogP contribution < -0.4 is 0 Å². The van der Waals surface area contributed by atoms with Crippen LogP contribution in [-0.2, 0) is 51.7 Å². The Morgan fingerprint density at radius 3 is 3.00 bits per heavy atom. The van der Waals surface area contributed by atoms with Crippen LogP contribution in [-0.4, -0.2) is 32.1 Å². The molecule has 0 aromatic carbocycles. The van der Waals surface area contributed by atoms with Gasteiger partial charge < -0.3 is 19.0 Å². The summed E-state index contributed by atoms with van der Waals surface area (Å²) in [4.78, 5) is 9.91. The van der Waals surface area contributed by atoms with Crippen molar-refractivity contribution in [3.05, 3.63) is 0 Å². The van der Waals surface area contributed by atoms with Gasteiger partial charge in [0.1, 0.15) is 0 Å². The number of fused-ring (bicyclic) bond motifs is 1. The molecule has 2 saturated heterocycles. The molecule has 1 radical (unpaired) electrons. The molecule has 2 aliphatic rings. The summed E-state index contributed by atoms with van der Waals surface area (Å²) < 4.78 is 15.1. The van der Waals surface area contributed by atoms with E-state index in [2.05, 4.69) is 0 Å². The second kappa shape index (κ2) is 4.65. The molecular weight excluding hydrogens is 237 g/mol. The number of hydrogen-bond acceptors (Lipinski definition) is 4. The van der Waals surface area contributed by atoms with E-state index in [1.54, 1.807) is 0 Å². The van der Waals surface area contributed by atoms with E-state index >= 15 is 0 Å². The Balaban J connectivity index is 0.000000720. The average Bonchev–Trinajstić information content (AvgIpc) is 2.53. The summed E-state index contributed by atoms with van der Waals surface area (Å²) in [5, 5.41) is 0. The van der Waals surface area contributed by atoms with Crippen LogP contribution in [0.4, 0.5) is 0 Å². The van der Waals surface area contributed by atoms with Gasteiger partial charge in [0.15, 0.2) is 6.29 Å². The molecule has 0 aliphatic carbocycles. The molecular formula is C7H9O4Y-. The van der Waals surface area contributed by atoms with Crippen molar-refractivity contribution < 1.29 is 51.7 Å². The van der Waals surface area contributed by atoms with Gasteiger partial charge in [0, 0.05) is 38.6 Å². The van der Waals surface area contributed by atoms with Crippen molar-refractivity contribution in [3.63, 3.8) is 0 Å². The minimum atomic E-state index is -0.145. The van der Waals surface area contributed by atoms with Gasteiger partial charge in [-0.15, -0.1) is 0 Å². The summed E-state index contributed by atoms with van der Waals surface area (Å²) in [6.07, 6.45) is 0.630. The van der Waals surface area contributed by atoms with Gasteiger partial charge in [-0.1, -0.05) is 6.47 Å². The van der Waals surface area contributed by atoms with Crippen LogP contribution in [0.3, 0.4) is 0 Å². The van der Waals surface area contributed by atoms with Crippen molar-refractivity contribution in [2.45, 2.75) is 18.8 Å². The molecule has 0 aromatic rings. The van der Waals surface area contributed by atoms with Crippen molar-refractivity contribution in [1.82, 2.24) is 0 Å². The Morgan fingerprint density at radius 1 is 1.42 bits per heavy atom. The number of rotatable bonds is 2. The molecule has 4 nitrogen and oxygen atoms in total. The van der Waals surface area contributed by atoms with E-state index in [0.29, 0.717) is 13.2 Å². The predicted molar refractivity (Wildman–Crippen MR) is 34.4 cm³/mol. The van der Waals surface area contributed by atoms with Crippen molar-refractivity contribution in [1.29, 1.82) is 0 Å². The maximum Gasteiger partial charge on any atom is 0.164 e. The third-order valence-electron chi connectivity index (χ3n) is 2.18. The molecule has 2 heterocycles. The van der Waals surface area contributed by atoms with Gasteiger partial charge in [-0.25, -0.2) is 0 Å². The SMILES string of the molecule is O=[C-]O[C@H]1COC2OCCC21.[Y]. The molecule has 2 aliphatic heterocycles. The Labute approximate surface area is 95.8 Å². The van der Waals surface area contributed by atoms with Gasteiger partial charge in [0.2, 0.25) is 0 Å². The molecule has 2 unspecified atom stereocenters. The van der Waals surface area contributed by atoms with Gasteiger partial charge in [0.25, 0.3) is 0 Å². The minimum absolute atomic E-state index is 0. The standard InChI is InChI=1S/C7H9O4.Y/c8-4-11-6-3-10-7-5(6)1-2-9-7;/h5-7H,1-3H2;/q-1;/t5?,6-,7?;/m0./s1. The van der Waals surface area contributed by atoms with Crippen LogP contribution in [0.5, 0.6) is 0 Å². The summed E-state index contributed by atoms with van der Waals surface area (Å²) >= 11 is 0. The molecule has 12 heavy (non-hydrogen) atoms. The van der Waals surface area contributed by atoms with E-state index in [1.807, 2.05) is 0 Å². The Bertz CT molecular complexity index is 163. The number of hydrogen-bond donors (Lipinski definition) is 0. The van der Waals surface area contributed by atoms with Crippen LogP contribution in [0.25, 0.3) is 0 Å². The third kappa shape index (κ3) is 1.87. The van der Waals surface area contributed by atoms with Gasteiger partial charge >= 0.3 is 0 Å². The maximum atomic E-state index is 9.91. The normalized spacial score (nSPS) is 38.5. The molecule has 0 spiro atoms. The largest absolute Gasteiger partial charge is 0.649 e. The monoisotopic (exact) mass is 246 g/mol. The van der Waals surface area contributed by atoms with Crippen LogP contribution in [0, 0.1) is 5.92 Å². The molecule has 0 aromatic heterocycles. The van der Waals surface area contributed by atoms with E-state index in [1.165, 1.54) is 6.47 Å². The van der Waals surface area contributed by atoms with Gasteiger partial charge in [-0.05, 0) is 6.42 Å². The summed E-state index contributed by atoms with van der Waals surface area (Å²) in [5.74, 6) is 0.233. The topological polar surface area (TPSA) is 44.8 Å². The van der Waals surface area contributed by atoms with E-state index in [9.17, 15) is 4.79 Å². The second-order valence-electron chi connectivity index (χ2n) is 2.76. The third-order valence-corrected chi connectivity index (χ3v) is 2.18. The van der Waals surface area contributed by atoms with E-state index in [0.717, 1.165) is 6.42 Å². The first-order valence-electron chi connectivity index (χ1n) is 3.68. The number of ether oxygens (including phenoxy) is 3. The Hall–Kier alpha value is 0.494. The molecule has 3 atom stereocenters. The second-order valence-corrected chi connectivity index (χ2v) is 2.76. The fourth-order valence-corrected chi connectivity index (χ4v) is 1.61. The van der Waals surface area contributed by atoms with Crippen molar-refractivity contribution in [2.75, 3.05) is 13.2 Å².